The standard InChI is InChI=1S/C7H10N2.3ClH/c1-9(2)7-4-3-5-8-6-7;;;/h3-6H,1-2H3;3*1H. The maximum atomic E-state index is 3.96. The highest BCUT2D eigenvalue weighted by Gasteiger charge is 1.88. The van der Waals surface area contributed by atoms with Crippen molar-refractivity contribution in [1.82, 2.24) is 4.98 Å². The molecule has 1 aromatic heterocycles. The molecule has 0 bridgehead atoms. The van der Waals surface area contributed by atoms with Crippen LogP contribution in [0.4, 0.5) is 5.69 Å². The molecular formula is C7H13Cl3N2. The molecule has 5 heteroatoms. The van der Waals surface area contributed by atoms with Crippen LogP contribution in [0.2, 0.25) is 0 Å². The Bertz CT molecular complexity index is 179. The Morgan fingerprint density at radius 3 is 2.00 bits per heavy atom. The summed E-state index contributed by atoms with van der Waals surface area (Å²) in [7, 11) is 3.99. The predicted molar refractivity (Wildman–Crippen MR) is 60.3 cm³/mol. The van der Waals surface area contributed by atoms with Crippen LogP contribution in [0, 0.1) is 0 Å². The molecule has 0 aliphatic heterocycles. The second kappa shape index (κ2) is 8.91. The zero-order valence-corrected chi connectivity index (χ0v) is 9.38. The Kier molecular flexibility index (Phi) is 13.2. The average Bonchev–Trinajstić information content (AvgIpc) is 1.90. The van der Waals surface area contributed by atoms with Crippen molar-refractivity contribution >= 4 is 42.9 Å². The molecule has 0 unspecified atom stereocenters. The van der Waals surface area contributed by atoms with Gasteiger partial charge in [-0.1, -0.05) is 0 Å². The molecule has 1 aromatic rings. The minimum absolute atomic E-state index is 0. The normalized spacial score (nSPS) is 6.83. The van der Waals surface area contributed by atoms with E-state index >= 15 is 0 Å². The number of anilines is 1. The van der Waals surface area contributed by atoms with Crippen molar-refractivity contribution in [2.45, 2.75) is 0 Å². The summed E-state index contributed by atoms with van der Waals surface area (Å²) in [6.45, 7) is 0. The summed E-state index contributed by atoms with van der Waals surface area (Å²) < 4.78 is 0. The molecule has 0 atom stereocenters. The highest BCUT2D eigenvalue weighted by atomic mass is 35.5. The van der Waals surface area contributed by atoms with Gasteiger partial charge >= 0.3 is 0 Å². The zero-order chi connectivity index (χ0) is 6.69. The Balaban J connectivity index is -0.000000270. The fraction of sp³-hybridized carbons (Fsp3) is 0.286. The first-order valence-electron chi connectivity index (χ1n) is 2.88. The third-order valence-corrected chi connectivity index (χ3v) is 1.16. The number of hydrogen-bond donors (Lipinski definition) is 0. The summed E-state index contributed by atoms with van der Waals surface area (Å²) in [5.74, 6) is 0. The Morgan fingerprint density at radius 2 is 1.75 bits per heavy atom. The molecule has 12 heavy (non-hydrogen) atoms. The monoisotopic (exact) mass is 230 g/mol. The number of aromatic nitrogens is 1. The van der Waals surface area contributed by atoms with Gasteiger partial charge in [0.15, 0.2) is 0 Å². The van der Waals surface area contributed by atoms with E-state index < -0.39 is 0 Å². The van der Waals surface area contributed by atoms with Gasteiger partial charge in [0.1, 0.15) is 0 Å². The van der Waals surface area contributed by atoms with Crippen molar-refractivity contribution in [2.75, 3.05) is 19.0 Å². The molecule has 1 rings (SSSR count). The molecule has 0 aliphatic carbocycles. The van der Waals surface area contributed by atoms with Crippen LogP contribution in [0.1, 0.15) is 0 Å². The largest absolute Gasteiger partial charge is 0.376 e. The molecule has 0 aliphatic rings. The SMILES string of the molecule is CN(C)c1cccnc1.Cl.Cl.Cl. The van der Waals surface area contributed by atoms with E-state index in [2.05, 4.69) is 4.98 Å². The number of hydrogen-bond acceptors (Lipinski definition) is 2. The fourth-order valence-electron chi connectivity index (χ4n) is 0.618. The Hall–Kier alpha value is -0.180. The molecule has 0 fully saturated rings. The highest BCUT2D eigenvalue weighted by molar-refractivity contribution is 5.86. The van der Waals surface area contributed by atoms with E-state index in [0.29, 0.717) is 0 Å². The Labute approximate surface area is 91.6 Å². The summed E-state index contributed by atoms with van der Waals surface area (Å²) >= 11 is 0. The molecule has 2 nitrogen and oxygen atoms in total. The number of pyridine rings is 1. The van der Waals surface area contributed by atoms with Crippen molar-refractivity contribution < 1.29 is 0 Å². The lowest BCUT2D eigenvalue weighted by Gasteiger charge is -2.09. The van der Waals surface area contributed by atoms with Crippen molar-refractivity contribution in [3.05, 3.63) is 24.5 Å². The summed E-state index contributed by atoms with van der Waals surface area (Å²) in [6.07, 6.45) is 3.60. The molecule has 0 saturated heterocycles. The molecule has 72 valence electrons. The van der Waals surface area contributed by atoms with Crippen LogP contribution in [0.3, 0.4) is 0 Å². The van der Waals surface area contributed by atoms with Gasteiger partial charge in [-0.25, -0.2) is 0 Å². The van der Waals surface area contributed by atoms with Crippen LogP contribution in [0.5, 0.6) is 0 Å². The van der Waals surface area contributed by atoms with Crippen LogP contribution in [-0.2, 0) is 0 Å². The molecule has 0 radical (unpaired) electrons. The lowest BCUT2D eigenvalue weighted by molar-refractivity contribution is 1.11. The number of halogens is 3. The molecule has 0 saturated carbocycles. The van der Waals surface area contributed by atoms with Crippen LogP contribution >= 0.6 is 37.2 Å². The minimum Gasteiger partial charge on any atom is -0.376 e. The van der Waals surface area contributed by atoms with Crippen molar-refractivity contribution in [3.63, 3.8) is 0 Å². The van der Waals surface area contributed by atoms with Gasteiger partial charge < -0.3 is 4.90 Å². The summed E-state index contributed by atoms with van der Waals surface area (Å²) in [6, 6.07) is 3.95. The van der Waals surface area contributed by atoms with Crippen molar-refractivity contribution in [3.8, 4) is 0 Å². The second-order valence-electron chi connectivity index (χ2n) is 2.11. The second-order valence-corrected chi connectivity index (χ2v) is 2.11. The molecule has 0 spiro atoms. The average molecular weight is 232 g/mol. The number of rotatable bonds is 1. The van der Waals surface area contributed by atoms with E-state index in [0.717, 1.165) is 5.69 Å². The van der Waals surface area contributed by atoms with Gasteiger partial charge in [-0.2, -0.15) is 0 Å². The highest BCUT2D eigenvalue weighted by Crippen LogP contribution is 2.04. The van der Waals surface area contributed by atoms with Gasteiger partial charge in [0.25, 0.3) is 0 Å². The van der Waals surface area contributed by atoms with Crippen molar-refractivity contribution in [2.24, 2.45) is 0 Å². The Morgan fingerprint density at radius 1 is 1.17 bits per heavy atom. The van der Waals surface area contributed by atoms with Crippen LogP contribution in [-0.4, -0.2) is 19.1 Å². The van der Waals surface area contributed by atoms with E-state index in [1.807, 2.05) is 37.3 Å². The van der Waals surface area contributed by atoms with E-state index in [1.54, 1.807) is 6.20 Å². The summed E-state index contributed by atoms with van der Waals surface area (Å²) in [5.41, 5.74) is 1.14. The molecule has 0 amide bonds. The van der Waals surface area contributed by atoms with Crippen LogP contribution in [0.15, 0.2) is 24.5 Å². The smallest absolute Gasteiger partial charge is 0.0547 e. The lowest BCUT2D eigenvalue weighted by Crippen LogP contribution is -2.08. The van der Waals surface area contributed by atoms with Crippen molar-refractivity contribution in [1.29, 1.82) is 0 Å². The van der Waals surface area contributed by atoms with Gasteiger partial charge in [-0.3, -0.25) is 4.98 Å². The van der Waals surface area contributed by atoms with E-state index in [1.165, 1.54) is 0 Å². The molecule has 1 heterocycles. The topological polar surface area (TPSA) is 16.1 Å². The van der Waals surface area contributed by atoms with E-state index in [9.17, 15) is 0 Å². The molecule has 0 N–H and O–H groups in total. The maximum Gasteiger partial charge on any atom is 0.0547 e. The fourth-order valence-corrected chi connectivity index (χ4v) is 0.618. The van der Waals surface area contributed by atoms with Gasteiger partial charge in [0.2, 0.25) is 0 Å². The summed E-state index contributed by atoms with van der Waals surface area (Å²) in [5, 5.41) is 0. The van der Waals surface area contributed by atoms with Gasteiger partial charge in [-0.15, -0.1) is 37.2 Å². The lowest BCUT2D eigenvalue weighted by atomic mass is 10.4. The first-order chi connectivity index (χ1) is 4.30. The molecular weight excluding hydrogens is 218 g/mol. The number of nitrogens with zero attached hydrogens (tertiary/aromatic N) is 2. The van der Waals surface area contributed by atoms with E-state index in [-0.39, 0.29) is 37.2 Å². The van der Waals surface area contributed by atoms with Crippen LogP contribution in [0.25, 0.3) is 0 Å². The first kappa shape index (κ1) is 17.8. The third-order valence-electron chi connectivity index (χ3n) is 1.16. The first-order valence-corrected chi connectivity index (χ1v) is 2.88. The maximum absolute atomic E-state index is 3.96. The quantitative estimate of drug-likeness (QED) is 0.738. The van der Waals surface area contributed by atoms with Gasteiger partial charge in [0, 0.05) is 20.3 Å². The molecule has 0 aromatic carbocycles. The zero-order valence-electron chi connectivity index (χ0n) is 6.93. The predicted octanol–water partition coefficient (Wildman–Crippen LogP) is 2.41. The van der Waals surface area contributed by atoms with Gasteiger partial charge in [-0.05, 0) is 12.1 Å². The summed E-state index contributed by atoms with van der Waals surface area (Å²) in [4.78, 5) is 5.99. The van der Waals surface area contributed by atoms with Gasteiger partial charge in [0.05, 0.1) is 11.9 Å². The van der Waals surface area contributed by atoms with Crippen LogP contribution < -0.4 is 4.90 Å². The third kappa shape index (κ3) is 5.47. The van der Waals surface area contributed by atoms with E-state index in [4.69, 9.17) is 0 Å². The minimum atomic E-state index is 0.